The Morgan fingerprint density at radius 1 is 1.03 bits per heavy atom. The number of alkyl halides is 3. The molecule has 0 bridgehead atoms. The minimum absolute atomic E-state index is 0.252. The molecule has 0 radical (unpaired) electrons. The Morgan fingerprint density at radius 3 is 2.43 bits per heavy atom. The van der Waals surface area contributed by atoms with Crippen LogP contribution < -0.4 is 10.6 Å². The van der Waals surface area contributed by atoms with Crippen LogP contribution in [0.15, 0.2) is 71.2 Å². The minimum Gasteiger partial charge on any atom is -0.457 e. The van der Waals surface area contributed by atoms with E-state index in [4.69, 9.17) is 28.2 Å². The fourth-order valence-electron chi connectivity index (χ4n) is 2.52. The van der Waals surface area contributed by atoms with Crippen LogP contribution in [0.25, 0.3) is 17.4 Å². The van der Waals surface area contributed by atoms with Gasteiger partial charge in [0.1, 0.15) is 11.5 Å². The summed E-state index contributed by atoms with van der Waals surface area (Å²) in [6, 6.07) is 15.3. The fourth-order valence-corrected chi connectivity index (χ4v) is 2.85. The average molecular weight is 451 g/mol. The molecule has 0 aliphatic heterocycles. The second-order valence-electron chi connectivity index (χ2n) is 6.03. The van der Waals surface area contributed by atoms with Crippen molar-refractivity contribution >= 4 is 46.6 Å². The number of nitrogens with one attached hydrogen (secondary N) is 2. The van der Waals surface area contributed by atoms with Crippen LogP contribution in [0, 0.1) is 0 Å². The van der Waals surface area contributed by atoms with E-state index >= 15 is 0 Å². The number of carbonyl (C=O) groups excluding carboxylic acids is 1. The number of halogens is 4. The number of thiocarbonyl (C=S) groups is 1. The van der Waals surface area contributed by atoms with Crippen LogP contribution in [0.5, 0.6) is 0 Å². The van der Waals surface area contributed by atoms with Gasteiger partial charge >= 0.3 is 6.18 Å². The highest BCUT2D eigenvalue weighted by atomic mass is 35.5. The summed E-state index contributed by atoms with van der Waals surface area (Å²) in [5, 5.41) is 5.02. The molecule has 2 N–H and O–H groups in total. The van der Waals surface area contributed by atoms with E-state index in [-0.39, 0.29) is 10.8 Å². The summed E-state index contributed by atoms with van der Waals surface area (Å²) >= 11 is 10.8. The van der Waals surface area contributed by atoms with Gasteiger partial charge in [-0.05, 0) is 66.8 Å². The van der Waals surface area contributed by atoms with Crippen LogP contribution in [0.2, 0.25) is 5.02 Å². The van der Waals surface area contributed by atoms with Gasteiger partial charge in [-0.3, -0.25) is 10.1 Å². The van der Waals surface area contributed by atoms with E-state index in [1.807, 2.05) is 0 Å². The first-order valence-corrected chi connectivity index (χ1v) is 9.33. The highest BCUT2D eigenvalue weighted by Crippen LogP contribution is 2.34. The molecule has 0 saturated heterocycles. The highest BCUT2D eigenvalue weighted by molar-refractivity contribution is 7.80. The van der Waals surface area contributed by atoms with Crippen molar-refractivity contribution in [1.29, 1.82) is 0 Å². The van der Waals surface area contributed by atoms with Crippen LogP contribution in [0.1, 0.15) is 11.3 Å². The number of furan rings is 1. The van der Waals surface area contributed by atoms with Gasteiger partial charge in [0.05, 0.1) is 11.3 Å². The van der Waals surface area contributed by atoms with Crippen LogP contribution in [-0.2, 0) is 11.0 Å². The second kappa shape index (κ2) is 9.15. The lowest BCUT2D eigenvalue weighted by Crippen LogP contribution is -2.33. The summed E-state index contributed by atoms with van der Waals surface area (Å²) in [4.78, 5) is 12.0. The van der Waals surface area contributed by atoms with Gasteiger partial charge in [-0.2, -0.15) is 13.2 Å². The molecule has 0 aliphatic carbocycles. The smallest absolute Gasteiger partial charge is 0.418 e. The number of carbonyl (C=O) groups is 1. The Balaban J connectivity index is 1.60. The first-order valence-electron chi connectivity index (χ1n) is 8.54. The summed E-state index contributed by atoms with van der Waals surface area (Å²) in [6.07, 6.45) is -1.97. The standard InChI is InChI=1S/C21H14ClF3N2O2S/c22-14-7-5-13(6-8-14)18-11-9-15(29-18)10-12-19(28)27-20(30)26-17-4-2-1-3-16(17)21(23,24)25/h1-12H,(H2,26,27,28,30). The summed E-state index contributed by atoms with van der Waals surface area (Å²) < 4.78 is 44.7. The minimum atomic E-state index is -4.55. The van der Waals surface area contributed by atoms with E-state index in [1.165, 1.54) is 24.3 Å². The van der Waals surface area contributed by atoms with Crippen molar-refractivity contribution in [3.8, 4) is 11.3 Å². The molecule has 0 saturated carbocycles. The van der Waals surface area contributed by atoms with Gasteiger partial charge in [0.15, 0.2) is 5.11 Å². The number of hydrogen-bond donors (Lipinski definition) is 2. The summed E-state index contributed by atoms with van der Waals surface area (Å²) in [7, 11) is 0. The quantitative estimate of drug-likeness (QED) is 0.370. The number of amides is 1. The third kappa shape index (κ3) is 5.71. The number of benzene rings is 2. The van der Waals surface area contributed by atoms with E-state index in [1.54, 1.807) is 36.4 Å². The summed E-state index contributed by atoms with van der Waals surface area (Å²) in [5.41, 5.74) is -0.322. The molecular weight excluding hydrogens is 437 g/mol. The number of hydrogen-bond acceptors (Lipinski definition) is 3. The van der Waals surface area contributed by atoms with E-state index < -0.39 is 17.6 Å². The van der Waals surface area contributed by atoms with Gasteiger partial charge in [-0.15, -0.1) is 0 Å². The predicted molar refractivity (Wildman–Crippen MR) is 114 cm³/mol. The predicted octanol–water partition coefficient (Wildman–Crippen LogP) is 6.15. The van der Waals surface area contributed by atoms with Gasteiger partial charge in [0.25, 0.3) is 0 Å². The highest BCUT2D eigenvalue weighted by Gasteiger charge is 2.33. The lowest BCUT2D eigenvalue weighted by Gasteiger charge is -2.14. The normalized spacial score (nSPS) is 11.5. The van der Waals surface area contributed by atoms with Crippen molar-refractivity contribution in [2.75, 3.05) is 5.32 Å². The lowest BCUT2D eigenvalue weighted by molar-refractivity contribution is -0.136. The van der Waals surface area contributed by atoms with Gasteiger partial charge in [0.2, 0.25) is 5.91 Å². The molecule has 2 aromatic carbocycles. The first kappa shape index (κ1) is 21.6. The first-order chi connectivity index (χ1) is 14.2. The maximum Gasteiger partial charge on any atom is 0.418 e. The zero-order valence-corrected chi connectivity index (χ0v) is 16.7. The zero-order chi connectivity index (χ0) is 21.7. The molecule has 3 aromatic rings. The number of para-hydroxylation sites is 1. The van der Waals surface area contributed by atoms with E-state index in [0.29, 0.717) is 16.5 Å². The van der Waals surface area contributed by atoms with Crippen LogP contribution in [0.4, 0.5) is 18.9 Å². The van der Waals surface area contributed by atoms with Crippen molar-refractivity contribution in [2.24, 2.45) is 0 Å². The molecule has 9 heteroatoms. The molecule has 1 heterocycles. The van der Waals surface area contributed by atoms with Gasteiger partial charge in [-0.25, -0.2) is 0 Å². The van der Waals surface area contributed by atoms with Crippen molar-refractivity contribution in [2.45, 2.75) is 6.18 Å². The largest absolute Gasteiger partial charge is 0.457 e. The molecule has 154 valence electrons. The van der Waals surface area contributed by atoms with Crippen molar-refractivity contribution in [3.63, 3.8) is 0 Å². The van der Waals surface area contributed by atoms with E-state index in [9.17, 15) is 18.0 Å². The third-order valence-corrected chi connectivity index (χ3v) is 4.33. The topological polar surface area (TPSA) is 54.3 Å². The second-order valence-corrected chi connectivity index (χ2v) is 6.87. The number of anilines is 1. The Hall–Kier alpha value is -3.10. The molecule has 0 fully saturated rings. The van der Waals surface area contributed by atoms with Gasteiger partial charge < -0.3 is 9.73 Å². The van der Waals surface area contributed by atoms with Crippen molar-refractivity contribution < 1.29 is 22.4 Å². The zero-order valence-electron chi connectivity index (χ0n) is 15.2. The van der Waals surface area contributed by atoms with Crippen molar-refractivity contribution in [1.82, 2.24) is 5.32 Å². The van der Waals surface area contributed by atoms with Crippen LogP contribution in [0.3, 0.4) is 0 Å². The molecule has 1 amide bonds. The van der Waals surface area contributed by atoms with Gasteiger partial charge in [-0.1, -0.05) is 23.7 Å². The molecule has 30 heavy (non-hydrogen) atoms. The molecule has 4 nitrogen and oxygen atoms in total. The van der Waals surface area contributed by atoms with Crippen molar-refractivity contribution in [3.05, 3.63) is 83.1 Å². The third-order valence-electron chi connectivity index (χ3n) is 3.87. The summed E-state index contributed by atoms with van der Waals surface area (Å²) in [6.45, 7) is 0. The molecule has 1 aromatic heterocycles. The Bertz CT molecular complexity index is 1090. The molecule has 0 unspecified atom stereocenters. The molecular formula is C21H14ClF3N2O2S. The Kier molecular flexibility index (Phi) is 6.59. The maximum atomic E-state index is 13.0. The number of rotatable bonds is 4. The maximum absolute atomic E-state index is 13.0. The Morgan fingerprint density at radius 2 is 1.73 bits per heavy atom. The molecule has 0 aliphatic rings. The van der Waals surface area contributed by atoms with Crippen LogP contribution >= 0.6 is 23.8 Å². The molecule has 0 atom stereocenters. The van der Waals surface area contributed by atoms with E-state index in [0.717, 1.165) is 17.7 Å². The average Bonchev–Trinajstić information content (AvgIpc) is 3.15. The van der Waals surface area contributed by atoms with E-state index in [2.05, 4.69) is 10.6 Å². The molecule has 0 spiro atoms. The summed E-state index contributed by atoms with van der Waals surface area (Å²) in [5.74, 6) is 0.380. The molecule has 3 rings (SSSR count). The Labute approximate surface area is 180 Å². The van der Waals surface area contributed by atoms with Crippen LogP contribution in [-0.4, -0.2) is 11.0 Å². The monoisotopic (exact) mass is 450 g/mol. The lowest BCUT2D eigenvalue weighted by atomic mass is 10.1. The fraction of sp³-hybridized carbons (Fsp3) is 0.0476. The van der Waals surface area contributed by atoms with Gasteiger partial charge in [0, 0.05) is 16.7 Å². The SMILES string of the molecule is O=C(C=Cc1ccc(-c2ccc(Cl)cc2)o1)NC(=S)Nc1ccccc1C(F)(F)F.